The van der Waals surface area contributed by atoms with Crippen LogP contribution in [0.5, 0.6) is 0 Å². The number of nitrogens with one attached hydrogen (secondary N) is 2. The monoisotopic (exact) mass is 343 g/mol. The molecule has 0 aliphatic carbocycles. The topological polar surface area (TPSA) is 67.2 Å². The fourth-order valence-corrected chi connectivity index (χ4v) is 2.52. The van der Waals surface area contributed by atoms with Gasteiger partial charge in [-0.1, -0.05) is 25.2 Å². The Labute approximate surface area is 127 Å². The Morgan fingerprint density at radius 2 is 2.16 bits per heavy atom. The number of carbonyl (C=O) groups is 1. The van der Waals surface area contributed by atoms with Crippen molar-refractivity contribution in [3.05, 3.63) is 28.2 Å². The fraction of sp³-hybridized carbons (Fsp3) is 0.385. The molecule has 0 fully saturated rings. The van der Waals surface area contributed by atoms with Gasteiger partial charge in [-0.25, -0.2) is 0 Å². The molecule has 0 aliphatic rings. The predicted octanol–water partition coefficient (Wildman–Crippen LogP) is 2.41. The largest absolute Gasteiger partial charge is 0.389 e. The van der Waals surface area contributed by atoms with Gasteiger partial charge in [-0.05, 0) is 34.5 Å². The molecular weight excluding hydrogens is 326 g/mol. The SMILES string of the molecule is CCCNC(=O)CCNc1cccc(Br)c1C(N)=S. The zero-order valence-electron chi connectivity index (χ0n) is 10.8. The number of halogens is 1. The Kier molecular flexibility index (Phi) is 6.80. The molecule has 0 radical (unpaired) electrons. The summed E-state index contributed by atoms with van der Waals surface area (Å²) in [7, 11) is 0. The van der Waals surface area contributed by atoms with Crippen LogP contribution in [-0.2, 0) is 4.79 Å². The highest BCUT2D eigenvalue weighted by Crippen LogP contribution is 2.24. The second-order valence-corrected chi connectivity index (χ2v) is 5.35. The highest BCUT2D eigenvalue weighted by Gasteiger charge is 2.09. The van der Waals surface area contributed by atoms with E-state index in [9.17, 15) is 4.79 Å². The van der Waals surface area contributed by atoms with E-state index in [1.54, 1.807) is 0 Å². The molecule has 0 heterocycles. The smallest absolute Gasteiger partial charge is 0.221 e. The Morgan fingerprint density at radius 1 is 1.42 bits per heavy atom. The van der Waals surface area contributed by atoms with Gasteiger partial charge < -0.3 is 16.4 Å². The van der Waals surface area contributed by atoms with Gasteiger partial charge in [0.2, 0.25) is 5.91 Å². The van der Waals surface area contributed by atoms with Crippen molar-refractivity contribution in [1.82, 2.24) is 5.32 Å². The molecular formula is C13H18BrN3OS. The normalized spacial score (nSPS) is 10.0. The summed E-state index contributed by atoms with van der Waals surface area (Å²) in [6, 6.07) is 5.67. The highest BCUT2D eigenvalue weighted by molar-refractivity contribution is 9.10. The van der Waals surface area contributed by atoms with Gasteiger partial charge in [-0.3, -0.25) is 4.79 Å². The van der Waals surface area contributed by atoms with Crippen molar-refractivity contribution in [2.24, 2.45) is 5.73 Å². The number of carbonyl (C=O) groups excluding carboxylic acids is 1. The van der Waals surface area contributed by atoms with Crippen molar-refractivity contribution < 1.29 is 4.79 Å². The minimum atomic E-state index is 0.0428. The van der Waals surface area contributed by atoms with Gasteiger partial charge in [0, 0.05) is 35.2 Å². The molecule has 0 unspecified atom stereocenters. The number of benzene rings is 1. The summed E-state index contributed by atoms with van der Waals surface area (Å²) in [5.74, 6) is 0.0428. The molecule has 6 heteroatoms. The first-order valence-corrected chi connectivity index (χ1v) is 7.35. The van der Waals surface area contributed by atoms with E-state index in [0.29, 0.717) is 24.5 Å². The van der Waals surface area contributed by atoms with E-state index in [1.165, 1.54) is 0 Å². The molecule has 0 aromatic heterocycles. The molecule has 4 nitrogen and oxygen atoms in total. The maximum Gasteiger partial charge on any atom is 0.221 e. The third-order valence-corrected chi connectivity index (χ3v) is 3.36. The number of nitrogens with two attached hydrogens (primary N) is 1. The summed E-state index contributed by atoms with van der Waals surface area (Å²) in [4.78, 5) is 11.8. The van der Waals surface area contributed by atoms with E-state index in [1.807, 2.05) is 25.1 Å². The molecule has 1 aromatic rings. The molecule has 0 spiro atoms. The van der Waals surface area contributed by atoms with Crippen LogP contribution in [0.25, 0.3) is 0 Å². The van der Waals surface area contributed by atoms with Crippen LogP contribution in [0.15, 0.2) is 22.7 Å². The van der Waals surface area contributed by atoms with Gasteiger partial charge in [0.1, 0.15) is 4.99 Å². The summed E-state index contributed by atoms with van der Waals surface area (Å²) in [6.07, 6.45) is 1.36. The van der Waals surface area contributed by atoms with Crippen LogP contribution in [0, 0.1) is 0 Å². The number of hydrogen-bond acceptors (Lipinski definition) is 3. The van der Waals surface area contributed by atoms with Crippen LogP contribution in [0.1, 0.15) is 25.3 Å². The Balaban J connectivity index is 2.56. The molecule has 0 saturated heterocycles. The molecule has 104 valence electrons. The lowest BCUT2D eigenvalue weighted by molar-refractivity contribution is -0.120. The first kappa shape index (κ1) is 15.9. The van der Waals surface area contributed by atoms with Crippen molar-refractivity contribution in [3.63, 3.8) is 0 Å². The lowest BCUT2D eigenvalue weighted by Gasteiger charge is -2.12. The average molecular weight is 344 g/mol. The van der Waals surface area contributed by atoms with Crippen LogP contribution < -0.4 is 16.4 Å². The number of hydrogen-bond donors (Lipinski definition) is 3. The van der Waals surface area contributed by atoms with Gasteiger partial charge in [0.05, 0.1) is 0 Å². The van der Waals surface area contributed by atoms with E-state index in [2.05, 4.69) is 26.6 Å². The Bertz CT molecular complexity index is 465. The third kappa shape index (κ3) is 5.16. The molecule has 1 aromatic carbocycles. The summed E-state index contributed by atoms with van der Waals surface area (Å²) >= 11 is 8.44. The second kappa shape index (κ2) is 8.12. The molecule has 0 bridgehead atoms. The fourth-order valence-electron chi connectivity index (χ4n) is 1.59. The van der Waals surface area contributed by atoms with Crippen molar-refractivity contribution in [1.29, 1.82) is 0 Å². The van der Waals surface area contributed by atoms with Gasteiger partial charge >= 0.3 is 0 Å². The average Bonchev–Trinajstić information content (AvgIpc) is 2.36. The number of thiocarbonyl (C=S) groups is 1. The van der Waals surface area contributed by atoms with Gasteiger partial charge in [-0.15, -0.1) is 0 Å². The lowest BCUT2D eigenvalue weighted by Crippen LogP contribution is -2.26. The number of amides is 1. The quantitative estimate of drug-likeness (QED) is 0.665. The van der Waals surface area contributed by atoms with E-state index < -0.39 is 0 Å². The first-order chi connectivity index (χ1) is 9.06. The molecule has 1 amide bonds. The minimum absolute atomic E-state index is 0.0428. The van der Waals surface area contributed by atoms with Crippen molar-refractivity contribution >= 4 is 44.7 Å². The van der Waals surface area contributed by atoms with Crippen molar-refractivity contribution in [2.75, 3.05) is 18.4 Å². The summed E-state index contributed by atoms with van der Waals surface area (Å²) in [6.45, 7) is 3.28. The predicted molar refractivity (Wildman–Crippen MR) is 86.4 cm³/mol. The van der Waals surface area contributed by atoms with Crippen LogP contribution in [0.2, 0.25) is 0 Å². The highest BCUT2D eigenvalue weighted by atomic mass is 79.9. The zero-order chi connectivity index (χ0) is 14.3. The molecule has 0 aliphatic heterocycles. The number of rotatable bonds is 7. The van der Waals surface area contributed by atoms with Crippen LogP contribution >= 0.6 is 28.1 Å². The van der Waals surface area contributed by atoms with Gasteiger partial charge in [0.15, 0.2) is 0 Å². The summed E-state index contributed by atoms with van der Waals surface area (Å²) in [5.41, 5.74) is 7.30. The second-order valence-electron chi connectivity index (χ2n) is 4.05. The Hall–Kier alpha value is -1.14. The summed E-state index contributed by atoms with van der Waals surface area (Å²) < 4.78 is 0.848. The van der Waals surface area contributed by atoms with Crippen LogP contribution in [0.4, 0.5) is 5.69 Å². The molecule has 19 heavy (non-hydrogen) atoms. The third-order valence-electron chi connectivity index (χ3n) is 2.50. The maximum atomic E-state index is 11.5. The molecule has 0 saturated carbocycles. The molecule has 4 N–H and O–H groups in total. The number of anilines is 1. The van der Waals surface area contributed by atoms with E-state index in [-0.39, 0.29) is 5.91 Å². The minimum Gasteiger partial charge on any atom is -0.389 e. The molecule has 1 rings (SSSR count). The zero-order valence-corrected chi connectivity index (χ0v) is 13.2. The van der Waals surface area contributed by atoms with E-state index >= 15 is 0 Å². The van der Waals surface area contributed by atoms with Crippen molar-refractivity contribution in [2.45, 2.75) is 19.8 Å². The van der Waals surface area contributed by atoms with Gasteiger partial charge in [0.25, 0.3) is 0 Å². The van der Waals surface area contributed by atoms with Crippen LogP contribution in [0.3, 0.4) is 0 Å². The first-order valence-electron chi connectivity index (χ1n) is 6.15. The van der Waals surface area contributed by atoms with Gasteiger partial charge in [-0.2, -0.15) is 0 Å². The summed E-state index contributed by atoms with van der Waals surface area (Å²) in [5, 5.41) is 6.01. The van der Waals surface area contributed by atoms with Crippen LogP contribution in [-0.4, -0.2) is 24.0 Å². The Morgan fingerprint density at radius 3 is 2.79 bits per heavy atom. The van der Waals surface area contributed by atoms with E-state index in [0.717, 1.165) is 22.1 Å². The lowest BCUT2D eigenvalue weighted by atomic mass is 10.1. The van der Waals surface area contributed by atoms with E-state index in [4.69, 9.17) is 18.0 Å². The van der Waals surface area contributed by atoms with Crippen molar-refractivity contribution in [3.8, 4) is 0 Å². The standard InChI is InChI=1S/C13H18BrN3OS/c1-2-7-17-11(18)6-8-16-10-5-3-4-9(14)12(10)13(15)19/h3-5,16H,2,6-8H2,1H3,(H2,15,19)(H,17,18). The maximum absolute atomic E-state index is 11.5. The molecule has 0 atom stereocenters.